The summed E-state index contributed by atoms with van der Waals surface area (Å²) in [4.78, 5) is 0. The summed E-state index contributed by atoms with van der Waals surface area (Å²) in [5, 5.41) is 0. The quantitative estimate of drug-likeness (QED) is 0.453. The minimum absolute atomic E-state index is 0. The van der Waals surface area contributed by atoms with Gasteiger partial charge < -0.3 is 24.8 Å². The van der Waals surface area contributed by atoms with Gasteiger partial charge in [-0.25, -0.2) is 23.3 Å². The van der Waals surface area contributed by atoms with E-state index in [0.29, 0.717) is 0 Å². The van der Waals surface area contributed by atoms with Gasteiger partial charge in [0.15, 0.2) is 0 Å². The van der Waals surface area contributed by atoms with E-state index >= 15 is 0 Å². The topological polar surface area (TPSA) is 0 Å². The van der Waals surface area contributed by atoms with E-state index in [2.05, 4.69) is 58.9 Å². The van der Waals surface area contributed by atoms with Crippen LogP contribution < -0.4 is 24.8 Å². The zero-order valence-electron chi connectivity index (χ0n) is 13.4. The van der Waals surface area contributed by atoms with Gasteiger partial charge in [0, 0.05) is 0 Å². The smallest absolute Gasteiger partial charge is 0.0539 e. The van der Waals surface area contributed by atoms with Crippen molar-refractivity contribution in [1.29, 1.82) is 0 Å². The third kappa shape index (κ3) is 26.7. The molecule has 0 heterocycles. The summed E-state index contributed by atoms with van der Waals surface area (Å²) in [6, 6.07) is 6.41. The second-order valence-electron chi connectivity index (χ2n) is 4.49. The Labute approximate surface area is 153 Å². The van der Waals surface area contributed by atoms with Gasteiger partial charge >= 0.3 is 41.3 Å². The number of hydrogen-bond donors (Lipinski definition) is 0. The third-order valence-corrected chi connectivity index (χ3v) is 1.85. The van der Waals surface area contributed by atoms with Crippen molar-refractivity contribution in [3.05, 3.63) is 53.6 Å². The molecule has 0 aliphatic carbocycles. The summed E-state index contributed by atoms with van der Waals surface area (Å²) in [7, 11) is 0. The maximum Gasteiger partial charge on any atom is -0.0539 e. The third-order valence-electron chi connectivity index (χ3n) is 1.85. The van der Waals surface area contributed by atoms with Crippen LogP contribution in [0, 0.1) is 20.4 Å². The molecule has 3 heteroatoms. The van der Waals surface area contributed by atoms with Crippen molar-refractivity contribution in [2.75, 3.05) is 0 Å². The van der Waals surface area contributed by atoms with Crippen LogP contribution in [0.4, 0.5) is 0 Å². The minimum atomic E-state index is 0. The Hall–Kier alpha value is 0.163. The molecule has 0 bridgehead atoms. The molecule has 0 fully saturated rings. The van der Waals surface area contributed by atoms with E-state index < -0.39 is 0 Å². The Balaban J connectivity index is -0.0000000950. The molecule has 0 saturated heterocycles. The van der Waals surface area contributed by atoms with Gasteiger partial charge in [-0.2, -0.15) is 23.8 Å². The molecule has 0 aliphatic rings. The molecule has 0 unspecified atom stereocenters. The molecule has 1 aromatic carbocycles. The Morgan fingerprint density at radius 3 is 1.80 bits per heavy atom. The monoisotopic (exact) mass is 390 g/mol. The van der Waals surface area contributed by atoms with E-state index in [1.165, 1.54) is 14.3 Å². The molecule has 0 N–H and O–H groups in total. The zero-order chi connectivity index (χ0) is 14.6. The molecule has 0 atom stereocenters. The first-order valence-corrected chi connectivity index (χ1v) is 7.49. The summed E-state index contributed by atoms with van der Waals surface area (Å²) in [6.07, 6.45) is 4.77. The van der Waals surface area contributed by atoms with Crippen molar-refractivity contribution >= 4 is 3.21 Å². The number of halogens is 2. The Morgan fingerprint density at radius 1 is 1.25 bits per heavy atom. The molecular weight excluding hydrogens is 366 g/mol. The molecule has 0 saturated carbocycles. The van der Waals surface area contributed by atoms with Crippen LogP contribution in [0.15, 0.2) is 35.9 Å². The van der Waals surface area contributed by atoms with Crippen LogP contribution in [0.3, 0.4) is 0 Å². The van der Waals surface area contributed by atoms with Crippen molar-refractivity contribution in [2.45, 2.75) is 48.0 Å². The normalized spacial score (nSPS) is 8.70. The predicted molar refractivity (Wildman–Crippen MR) is 80.8 cm³/mol. The van der Waals surface area contributed by atoms with Crippen molar-refractivity contribution in [2.24, 2.45) is 0 Å². The molecule has 0 spiro atoms. The first-order valence-electron chi connectivity index (χ1n) is 6.26. The standard InChI is InChI=1S/C7H9.C7H11.C3H6.2ClH.Zr/c1-6-3-4-7(2)5-6;1-4-6-7(3)5-2;1-3-2;;;/h3-5H,1-2H3;2,5-6H,4H2,1,3H3;1-2H3;2*1H;/q2*-1;;;;+2/p-2. The summed E-state index contributed by atoms with van der Waals surface area (Å²) >= 11 is 1.55. The van der Waals surface area contributed by atoms with Crippen LogP contribution in [0.5, 0.6) is 0 Å². The minimum Gasteiger partial charge on any atom is -1.00 e. The van der Waals surface area contributed by atoms with Crippen LogP contribution in [0.2, 0.25) is 0 Å². The number of rotatable bonds is 2. The van der Waals surface area contributed by atoms with Gasteiger partial charge in [0.05, 0.1) is 0 Å². The van der Waals surface area contributed by atoms with Crippen LogP contribution in [0.25, 0.3) is 0 Å². The Bertz CT molecular complexity index is 356. The van der Waals surface area contributed by atoms with Gasteiger partial charge in [-0.15, -0.1) is 6.92 Å². The number of allylic oxidation sites excluding steroid dienone is 3. The predicted octanol–water partition coefficient (Wildman–Crippen LogP) is -0.892. The van der Waals surface area contributed by atoms with Gasteiger partial charge in [-0.3, -0.25) is 6.58 Å². The fourth-order valence-corrected chi connectivity index (χ4v) is 1.11. The maximum absolute atomic E-state index is 5.16. The van der Waals surface area contributed by atoms with Gasteiger partial charge in [0.25, 0.3) is 0 Å². The summed E-state index contributed by atoms with van der Waals surface area (Å²) in [5.41, 5.74) is 3.87. The van der Waals surface area contributed by atoms with Gasteiger partial charge in [-0.1, -0.05) is 27.2 Å². The number of hydrogen-bond acceptors (Lipinski definition) is 0. The van der Waals surface area contributed by atoms with E-state index in [0.717, 1.165) is 12.0 Å². The first-order chi connectivity index (χ1) is 8.33. The van der Waals surface area contributed by atoms with Gasteiger partial charge in [0.2, 0.25) is 0 Å². The fraction of sp³-hybridized carbons (Fsp3) is 0.412. The molecule has 0 aliphatic heterocycles. The molecule has 0 aromatic heterocycles. The van der Waals surface area contributed by atoms with Crippen LogP contribution in [-0.4, -0.2) is 3.21 Å². The molecule has 1 rings (SSSR count). The van der Waals surface area contributed by atoms with Crippen LogP contribution >= 0.6 is 0 Å². The molecular formula is C17H26Cl2Zr-2. The molecule has 0 nitrogen and oxygen atoms in total. The molecule has 1 aromatic rings. The van der Waals surface area contributed by atoms with E-state index in [1.807, 2.05) is 6.92 Å². The van der Waals surface area contributed by atoms with Gasteiger partial charge in [-0.05, 0) is 0 Å². The van der Waals surface area contributed by atoms with Crippen molar-refractivity contribution in [1.82, 2.24) is 0 Å². The van der Waals surface area contributed by atoms with Gasteiger partial charge in [0.1, 0.15) is 0 Å². The summed E-state index contributed by atoms with van der Waals surface area (Å²) in [5.74, 6) is 0. The maximum atomic E-state index is 5.16. The Morgan fingerprint density at radius 2 is 1.70 bits per heavy atom. The van der Waals surface area contributed by atoms with E-state index in [-0.39, 0.29) is 24.8 Å². The molecule has 0 amide bonds. The second-order valence-corrected chi connectivity index (χ2v) is 6.95. The van der Waals surface area contributed by atoms with E-state index in [4.69, 9.17) is 6.58 Å². The second kappa shape index (κ2) is 19.2. The average molecular weight is 393 g/mol. The first kappa shape index (κ1) is 28.3. The van der Waals surface area contributed by atoms with Crippen molar-refractivity contribution in [3.63, 3.8) is 0 Å². The summed E-state index contributed by atoms with van der Waals surface area (Å²) < 4.78 is 1.51. The Kier molecular flexibility index (Phi) is 27.2. The van der Waals surface area contributed by atoms with E-state index in [9.17, 15) is 0 Å². The van der Waals surface area contributed by atoms with Crippen molar-refractivity contribution in [3.8, 4) is 0 Å². The average Bonchev–Trinajstić information content (AvgIpc) is 2.63. The fourth-order valence-electron chi connectivity index (χ4n) is 1.11. The molecule has 20 heavy (non-hydrogen) atoms. The summed E-state index contributed by atoms with van der Waals surface area (Å²) in [6.45, 7) is 17.7. The number of aryl methyl sites for hydroxylation is 2. The van der Waals surface area contributed by atoms with Crippen LogP contribution in [-0.2, 0) is 24.2 Å². The van der Waals surface area contributed by atoms with Crippen molar-refractivity contribution < 1.29 is 49.0 Å². The molecule has 0 radical (unpaired) electrons. The SMILES string of the molecule is C[C](C)=[Zr+2].Cc1c[cH-]c(C)c1.[CH-]=CC(C)=CCC.[Cl-].[Cl-]. The molecule has 114 valence electrons. The van der Waals surface area contributed by atoms with Crippen LogP contribution in [0.1, 0.15) is 45.2 Å². The van der Waals surface area contributed by atoms with E-state index in [1.54, 1.807) is 30.3 Å². The zero-order valence-corrected chi connectivity index (χ0v) is 17.4. The largest absolute Gasteiger partial charge is 1.00 e.